The standard InChI is InChI=1S/C16H30N2O2.ClH/c19-12-15(10-13-4-2-1-3-5-13)18-16(20)11-14-6-8-17-9-7-14;/h13-15,17,19H,1-12H2,(H,18,20);1H/t15-;/m0./s1. The van der Waals surface area contributed by atoms with Crippen molar-refractivity contribution in [3.05, 3.63) is 0 Å². The first-order valence-electron chi connectivity index (χ1n) is 8.39. The quantitative estimate of drug-likeness (QED) is 0.704. The summed E-state index contributed by atoms with van der Waals surface area (Å²) in [6.07, 6.45) is 10.3. The van der Waals surface area contributed by atoms with Gasteiger partial charge < -0.3 is 15.7 Å². The molecule has 2 rings (SSSR count). The molecule has 2 fully saturated rings. The van der Waals surface area contributed by atoms with Gasteiger partial charge in [0.25, 0.3) is 0 Å². The Hall–Kier alpha value is -0.320. The fourth-order valence-electron chi connectivity index (χ4n) is 3.64. The van der Waals surface area contributed by atoms with Crippen LogP contribution < -0.4 is 10.6 Å². The van der Waals surface area contributed by atoms with Crippen molar-refractivity contribution in [2.45, 2.75) is 63.8 Å². The van der Waals surface area contributed by atoms with Crippen molar-refractivity contribution < 1.29 is 9.90 Å². The fourth-order valence-corrected chi connectivity index (χ4v) is 3.64. The number of halogens is 1. The summed E-state index contributed by atoms with van der Waals surface area (Å²) in [5, 5.41) is 15.9. The average molecular weight is 319 g/mol. The minimum atomic E-state index is -0.0349. The summed E-state index contributed by atoms with van der Waals surface area (Å²) in [5.74, 6) is 1.34. The van der Waals surface area contributed by atoms with Crippen LogP contribution in [0, 0.1) is 11.8 Å². The highest BCUT2D eigenvalue weighted by molar-refractivity contribution is 5.85. The summed E-state index contributed by atoms with van der Waals surface area (Å²) in [4.78, 5) is 12.1. The fraction of sp³-hybridized carbons (Fsp3) is 0.938. The molecule has 0 aromatic heterocycles. The van der Waals surface area contributed by atoms with E-state index in [-0.39, 0.29) is 31.0 Å². The van der Waals surface area contributed by atoms with Gasteiger partial charge in [0.05, 0.1) is 12.6 Å². The molecule has 5 heteroatoms. The van der Waals surface area contributed by atoms with Crippen LogP contribution in [0.3, 0.4) is 0 Å². The summed E-state index contributed by atoms with van der Waals surface area (Å²) >= 11 is 0. The van der Waals surface area contributed by atoms with Gasteiger partial charge in [0, 0.05) is 6.42 Å². The summed E-state index contributed by atoms with van der Waals surface area (Å²) in [6.45, 7) is 2.14. The minimum Gasteiger partial charge on any atom is -0.394 e. The third-order valence-corrected chi connectivity index (χ3v) is 4.86. The number of piperidine rings is 1. The smallest absolute Gasteiger partial charge is 0.220 e. The van der Waals surface area contributed by atoms with Crippen LogP contribution >= 0.6 is 12.4 Å². The van der Waals surface area contributed by atoms with E-state index in [1.807, 2.05) is 0 Å². The van der Waals surface area contributed by atoms with Crippen LogP contribution in [-0.4, -0.2) is 36.8 Å². The van der Waals surface area contributed by atoms with Crippen LogP contribution in [-0.2, 0) is 4.79 Å². The molecule has 1 aliphatic heterocycles. The molecule has 0 unspecified atom stereocenters. The van der Waals surface area contributed by atoms with E-state index in [0.29, 0.717) is 18.3 Å². The average Bonchev–Trinajstić information content (AvgIpc) is 2.48. The van der Waals surface area contributed by atoms with Crippen molar-refractivity contribution in [3.63, 3.8) is 0 Å². The molecule has 21 heavy (non-hydrogen) atoms. The molecule has 0 bridgehead atoms. The molecule has 1 heterocycles. The van der Waals surface area contributed by atoms with Gasteiger partial charge in [0.1, 0.15) is 0 Å². The molecular formula is C16H31ClN2O2. The predicted molar refractivity (Wildman–Crippen MR) is 87.7 cm³/mol. The zero-order chi connectivity index (χ0) is 14.2. The molecule has 1 amide bonds. The first-order valence-corrected chi connectivity index (χ1v) is 8.39. The van der Waals surface area contributed by atoms with Crippen molar-refractivity contribution in [2.75, 3.05) is 19.7 Å². The van der Waals surface area contributed by atoms with Crippen molar-refractivity contribution in [1.82, 2.24) is 10.6 Å². The highest BCUT2D eigenvalue weighted by Crippen LogP contribution is 2.27. The molecule has 124 valence electrons. The molecule has 4 nitrogen and oxygen atoms in total. The molecule has 2 aliphatic rings. The van der Waals surface area contributed by atoms with Crippen LogP contribution in [0.2, 0.25) is 0 Å². The molecule has 0 spiro atoms. The van der Waals surface area contributed by atoms with E-state index in [1.165, 1.54) is 32.1 Å². The maximum Gasteiger partial charge on any atom is 0.220 e. The van der Waals surface area contributed by atoms with Crippen molar-refractivity contribution in [2.24, 2.45) is 11.8 Å². The maximum atomic E-state index is 12.1. The van der Waals surface area contributed by atoms with E-state index in [1.54, 1.807) is 0 Å². The highest BCUT2D eigenvalue weighted by Gasteiger charge is 2.22. The Balaban J connectivity index is 0.00000220. The molecular weight excluding hydrogens is 288 g/mol. The largest absolute Gasteiger partial charge is 0.394 e. The topological polar surface area (TPSA) is 61.4 Å². The van der Waals surface area contributed by atoms with Gasteiger partial charge in [-0.3, -0.25) is 4.79 Å². The number of amides is 1. The SMILES string of the molecule is Cl.O=C(CC1CCNCC1)N[C@H](CO)CC1CCCCC1. The molecule has 0 aromatic carbocycles. The van der Waals surface area contributed by atoms with Gasteiger partial charge in [-0.2, -0.15) is 0 Å². The van der Waals surface area contributed by atoms with E-state index < -0.39 is 0 Å². The van der Waals surface area contributed by atoms with Gasteiger partial charge in [0.2, 0.25) is 5.91 Å². The van der Waals surface area contributed by atoms with E-state index in [4.69, 9.17) is 0 Å². The molecule has 1 saturated carbocycles. The van der Waals surface area contributed by atoms with Crippen molar-refractivity contribution in [3.8, 4) is 0 Å². The Bertz CT molecular complexity index is 290. The van der Waals surface area contributed by atoms with Crippen molar-refractivity contribution >= 4 is 18.3 Å². The van der Waals surface area contributed by atoms with Gasteiger partial charge in [-0.05, 0) is 44.2 Å². The number of hydrogen-bond donors (Lipinski definition) is 3. The Labute approximate surface area is 134 Å². The second-order valence-corrected chi connectivity index (χ2v) is 6.58. The maximum absolute atomic E-state index is 12.1. The molecule has 1 saturated heterocycles. The lowest BCUT2D eigenvalue weighted by Crippen LogP contribution is -2.40. The molecule has 3 N–H and O–H groups in total. The minimum absolute atomic E-state index is 0. The van der Waals surface area contributed by atoms with E-state index in [0.717, 1.165) is 32.4 Å². The highest BCUT2D eigenvalue weighted by atomic mass is 35.5. The van der Waals surface area contributed by atoms with E-state index >= 15 is 0 Å². The number of carbonyl (C=O) groups is 1. The summed E-state index contributed by atoms with van der Waals surface area (Å²) < 4.78 is 0. The molecule has 0 aromatic rings. The Morgan fingerprint density at radius 2 is 1.76 bits per heavy atom. The van der Waals surface area contributed by atoms with Gasteiger partial charge in [-0.25, -0.2) is 0 Å². The molecule has 1 aliphatic carbocycles. The third kappa shape index (κ3) is 6.98. The lowest BCUT2D eigenvalue weighted by Gasteiger charge is -2.27. The Morgan fingerprint density at radius 1 is 1.10 bits per heavy atom. The van der Waals surface area contributed by atoms with Crippen LogP contribution in [0.1, 0.15) is 57.8 Å². The Kier molecular flexibility index (Phi) is 9.29. The number of rotatable bonds is 6. The predicted octanol–water partition coefficient (Wildman–Crippen LogP) is 2.25. The number of aliphatic hydroxyl groups excluding tert-OH is 1. The first-order chi connectivity index (χ1) is 9.78. The van der Waals surface area contributed by atoms with Crippen molar-refractivity contribution in [1.29, 1.82) is 0 Å². The normalized spacial score (nSPS) is 22.3. The zero-order valence-electron chi connectivity index (χ0n) is 13.0. The number of hydrogen-bond acceptors (Lipinski definition) is 3. The van der Waals surface area contributed by atoms with Crippen LogP contribution in [0.4, 0.5) is 0 Å². The second-order valence-electron chi connectivity index (χ2n) is 6.58. The van der Waals surface area contributed by atoms with Crippen LogP contribution in [0.5, 0.6) is 0 Å². The summed E-state index contributed by atoms with van der Waals surface area (Å²) in [6, 6.07) is -0.0349. The van der Waals surface area contributed by atoms with E-state index in [2.05, 4.69) is 10.6 Å². The van der Waals surface area contributed by atoms with Gasteiger partial charge in [0.15, 0.2) is 0 Å². The summed E-state index contributed by atoms with van der Waals surface area (Å²) in [7, 11) is 0. The van der Waals surface area contributed by atoms with Crippen LogP contribution in [0.15, 0.2) is 0 Å². The van der Waals surface area contributed by atoms with E-state index in [9.17, 15) is 9.90 Å². The number of nitrogens with one attached hydrogen (secondary N) is 2. The summed E-state index contributed by atoms with van der Waals surface area (Å²) in [5.41, 5.74) is 0. The molecule has 0 radical (unpaired) electrons. The lowest BCUT2D eigenvalue weighted by molar-refractivity contribution is -0.123. The van der Waals surface area contributed by atoms with Gasteiger partial charge >= 0.3 is 0 Å². The molecule has 1 atom stereocenters. The van der Waals surface area contributed by atoms with Gasteiger partial charge in [-0.1, -0.05) is 32.1 Å². The van der Waals surface area contributed by atoms with Gasteiger partial charge in [-0.15, -0.1) is 12.4 Å². The van der Waals surface area contributed by atoms with Crippen LogP contribution in [0.25, 0.3) is 0 Å². The number of aliphatic hydroxyl groups is 1. The number of carbonyl (C=O) groups excluding carboxylic acids is 1. The Morgan fingerprint density at radius 3 is 2.38 bits per heavy atom. The monoisotopic (exact) mass is 318 g/mol. The second kappa shape index (κ2) is 10.4. The zero-order valence-corrected chi connectivity index (χ0v) is 13.8. The third-order valence-electron chi connectivity index (χ3n) is 4.86. The lowest BCUT2D eigenvalue weighted by atomic mass is 9.85. The first kappa shape index (κ1) is 18.7.